The largest absolute Gasteiger partial charge is 0.462 e. The third-order valence-electron chi connectivity index (χ3n) is 15.6. The van der Waals surface area contributed by atoms with E-state index in [0.717, 1.165) is 21.6 Å². The van der Waals surface area contributed by atoms with Crippen LogP contribution >= 0.6 is 23.2 Å². The summed E-state index contributed by atoms with van der Waals surface area (Å²) in [7, 11) is 3.03. The molecule has 4 aliphatic heterocycles. The summed E-state index contributed by atoms with van der Waals surface area (Å²) < 4.78 is 24.0. The summed E-state index contributed by atoms with van der Waals surface area (Å²) in [5.74, 6) is -4.45. The number of fused-ring (bicyclic) bond motifs is 5. The first-order chi connectivity index (χ1) is 38.2. The number of benzene rings is 2. The molecular weight excluding hydrogens is 1090 g/mol. The maximum absolute atomic E-state index is 14.4. The lowest BCUT2D eigenvalue weighted by atomic mass is 9.78. The van der Waals surface area contributed by atoms with Gasteiger partial charge in [-0.25, -0.2) is 9.59 Å². The highest BCUT2D eigenvalue weighted by molar-refractivity contribution is 6.34. The zero-order chi connectivity index (χ0) is 59.5. The first-order valence-corrected chi connectivity index (χ1v) is 28.2. The lowest BCUT2D eigenvalue weighted by molar-refractivity contribution is -0.187. The molecule has 0 aliphatic carbocycles. The Kier molecular flexibility index (Phi) is 22.0. The molecule has 2 saturated heterocycles. The van der Waals surface area contributed by atoms with Crippen molar-refractivity contribution in [1.82, 2.24) is 15.5 Å². The van der Waals surface area contributed by atoms with E-state index in [2.05, 4.69) is 16.0 Å². The van der Waals surface area contributed by atoms with E-state index in [0.29, 0.717) is 42.0 Å². The molecule has 4 bridgehead atoms. The van der Waals surface area contributed by atoms with Crippen molar-refractivity contribution in [3.05, 3.63) is 93.0 Å². The van der Waals surface area contributed by atoms with Gasteiger partial charge in [0.2, 0.25) is 11.8 Å². The third-order valence-corrected chi connectivity index (χ3v) is 16.4. The first kappa shape index (κ1) is 63.7. The van der Waals surface area contributed by atoms with Crippen molar-refractivity contribution in [2.24, 2.45) is 23.5 Å². The van der Waals surface area contributed by atoms with Gasteiger partial charge in [0.25, 0.3) is 11.8 Å². The topological polar surface area (TPSA) is 283 Å². The number of ether oxygens (including phenoxy) is 4. The number of rotatable bonds is 21. The first-order valence-electron chi connectivity index (χ1n) is 27.4. The Hall–Kier alpha value is -6.45. The lowest BCUT2D eigenvalue weighted by Gasteiger charge is -2.41. The van der Waals surface area contributed by atoms with Crippen molar-refractivity contribution in [3.8, 4) is 0 Å². The number of Topliss-reactive ketones (excluding diaryl/α,β-unsaturated/α-hetero) is 2. The number of imide groups is 1. The summed E-state index contributed by atoms with van der Waals surface area (Å²) in [6.45, 7) is 11.2. The second kappa shape index (κ2) is 28.0. The van der Waals surface area contributed by atoms with Crippen molar-refractivity contribution in [1.29, 1.82) is 0 Å². The fraction of sp³-hybridized carbons (Fsp3) is 0.542. The third kappa shape index (κ3) is 16.8. The Morgan fingerprint density at radius 2 is 1.70 bits per heavy atom. The number of aliphatic hydroxyl groups is 1. The van der Waals surface area contributed by atoms with E-state index in [1.807, 2.05) is 32.1 Å². The zero-order valence-electron chi connectivity index (χ0n) is 47.3. The van der Waals surface area contributed by atoms with Gasteiger partial charge in [-0.15, -0.1) is 0 Å². The summed E-state index contributed by atoms with van der Waals surface area (Å²) in [6.07, 6.45) is 4.85. The van der Waals surface area contributed by atoms with Crippen LogP contribution in [-0.4, -0.2) is 132 Å². The number of urea groups is 1. The van der Waals surface area contributed by atoms with Crippen molar-refractivity contribution in [3.63, 3.8) is 0 Å². The number of carbonyl (C=O) groups is 9. The van der Waals surface area contributed by atoms with Gasteiger partial charge in [-0.05, 0) is 93.7 Å². The maximum atomic E-state index is 14.4. The average Bonchev–Trinajstić information content (AvgIpc) is 4.00. The minimum absolute atomic E-state index is 0.00175. The predicted molar refractivity (Wildman–Crippen MR) is 303 cm³/mol. The summed E-state index contributed by atoms with van der Waals surface area (Å²) in [6, 6.07) is 6.48. The number of allylic oxidation sites excluding steroid dienone is 3. The van der Waals surface area contributed by atoms with Crippen LogP contribution in [0.4, 0.5) is 21.0 Å². The predicted octanol–water partition coefficient (Wildman–Crippen LogP) is 7.34. The van der Waals surface area contributed by atoms with Gasteiger partial charge in [0.1, 0.15) is 35.3 Å². The Morgan fingerprint density at radius 3 is 2.37 bits per heavy atom. The van der Waals surface area contributed by atoms with Crippen LogP contribution in [0, 0.1) is 24.7 Å². The van der Waals surface area contributed by atoms with Crippen molar-refractivity contribution in [2.45, 2.75) is 160 Å². The summed E-state index contributed by atoms with van der Waals surface area (Å²) in [5.41, 5.74) is 5.84. The maximum Gasteiger partial charge on any atom is 0.412 e. The van der Waals surface area contributed by atoms with Gasteiger partial charge in [0, 0.05) is 76.9 Å². The molecule has 22 heteroatoms. The molecule has 440 valence electrons. The summed E-state index contributed by atoms with van der Waals surface area (Å²) >= 11 is 13.6. The molecule has 6 rings (SSSR count). The number of esters is 1. The number of epoxide rings is 1. The van der Waals surface area contributed by atoms with E-state index in [-0.39, 0.29) is 98.7 Å². The normalized spacial score (nSPS) is 25.7. The van der Waals surface area contributed by atoms with Crippen molar-refractivity contribution in [2.75, 3.05) is 37.5 Å². The molecule has 9 atom stereocenters. The molecule has 2 fully saturated rings. The van der Waals surface area contributed by atoms with Gasteiger partial charge < -0.3 is 45.3 Å². The molecule has 6 N–H and O–H groups in total. The quantitative estimate of drug-likeness (QED) is 0.0354. The molecule has 0 spiro atoms. The highest BCUT2D eigenvalue weighted by Crippen LogP contribution is 2.50. The fourth-order valence-electron chi connectivity index (χ4n) is 10.8. The van der Waals surface area contributed by atoms with Crippen LogP contribution in [0.15, 0.2) is 66.3 Å². The van der Waals surface area contributed by atoms with Crippen LogP contribution in [0.2, 0.25) is 10.0 Å². The number of nitrogens with zero attached hydrogens (tertiary/aromatic N) is 2. The van der Waals surface area contributed by atoms with E-state index in [1.165, 1.54) is 36.3 Å². The van der Waals surface area contributed by atoms with Crippen LogP contribution in [0.3, 0.4) is 0 Å². The zero-order valence-corrected chi connectivity index (χ0v) is 48.8. The van der Waals surface area contributed by atoms with E-state index in [9.17, 15) is 48.3 Å². The number of carbonyl (C=O) groups excluding carboxylic acids is 9. The lowest BCUT2D eigenvalue weighted by Crippen LogP contribution is -2.53. The van der Waals surface area contributed by atoms with Gasteiger partial charge in [0.15, 0.2) is 5.78 Å². The molecule has 0 unspecified atom stereocenters. The number of ketones is 2. The number of unbranched alkanes of at least 4 members (excludes halogenated alkanes) is 2. The number of hydrogen-bond acceptors (Lipinski definition) is 14. The van der Waals surface area contributed by atoms with Crippen LogP contribution < -0.4 is 26.6 Å². The number of aryl methyl sites for hydroxylation is 1. The minimum atomic E-state index is -1.64. The van der Waals surface area contributed by atoms with E-state index < -0.39 is 89.2 Å². The number of halogens is 2. The summed E-state index contributed by atoms with van der Waals surface area (Å²) in [5, 5.41) is 20.4. The van der Waals surface area contributed by atoms with Gasteiger partial charge in [-0.3, -0.25) is 43.8 Å². The SMILES string of the molecule is CO[C@@H]1/C=C/C=C(\C)Cc2cc(C)c(Cl)c(c2)N(C)C(=O)C[C@H](OC(=O)Nc2ccc(CC(=O)[C@H](CCCNC(N)=O)NC(=O)[C@@H](CC(=O)CCCCCN3C(=O)C=CC3=O)C(C)C)cc2Cl)[C@]2(C)O[C@H]2[C@H](C)[C@@H]2C[C@@]1(O)CC(=O)O2. The number of amides is 7. The highest BCUT2D eigenvalue weighted by atomic mass is 35.5. The van der Waals surface area contributed by atoms with E-state index >= 15 is 0 Å². The molecule has 81 heavy (non-hydrogen) atoms. The van der Waals surface area contributed by atoms with Crippen LogP contribution in [0.5, 0.6) is 0 Å². The summed E-state index contributed by atoms with van der Waals surface area (Å²) in [4.78, 5) is 120. The van der Waals surface area contributed by atoms with E-state index in [4.69, 9.17) is 47.9 Å². The Morgan fingerprint density at radius 1 is 0.988 bits per heavy atom. The average molecular weight is 1160 g/mol. The molecule has 4 aliphatic rings. The molecule has 7 amide bonds. The van der Waals surface area contributed by atoms with Gasteiger partial charge in [0.05, 0.1) is 46.4 Å². The van der Waals surface area contributed by atoms with Crippen molar-refractivity contribution >= 4 is 87.9 Å². The molecule has 4 heterocycles. The Bertz CT molecular complexity index is 2820. The Labute approximate surface area is 482 Å². The molecular formula is C59H76Cl2N6O14. The van der Waals surface area contributed by atoms with Crippen LogP contribution in [0.1, 0.15) is 116 Å². The number of anilines is 2. The number of hydrogen-bond donors (Lipinski definition) is 5. The molecule has 2 aromatic carbocycles. The number of nitrogens with one attached hydrogen (secondary N) is 3. The second-order valence-electron chi connectivity index (χ2n) is 22.3. The van der Waals surface area contributed by atoms with Crippen LogP contribution in [-0.2, 0) is 65.4 Å². The van der Waals surface area contributed by atoms with Gasteiger partial charge in [-0.2, -0.15) is 0 Å². The molecule has 20 nitrogen and oxygen atoms in total. The van der Waals surface area contributed by atoms with E-state index in [1.54, 1.807) is 53.0 Å². The highest BCUT2D eigenvalue weighted by Gasteiger charge is 2.64. The number of primary amides is 1. The minimum Gasteiger partial charge on any atom is -0.462 e. The Balaban J connectivity index is 1.15. The molecule has 0 aromatic heterocycles. The monoisotopic (exact) mass is 1160 g/mol. The van der Waals surface area contributed by atoms with Gasteiger partial charge >= 0.3 is 18.1 Å². The number of methoxy groups -OCH3 is 1. The number of nitrogens with two attached hydrogens (primary N) is 1. The molecule has 0 radical (unpaired) electrons. The van der Waals surface area contributed by atoms with Crippen molar-refractivity contribution < 1.29 is 67.2 Å². The second-order valence-corrected chi connectivity index (χ2v) is 23.0. The van der Waals surface area contributed by atoms with Crippen LogP contribution in [0.25, 0.3) is 0 Å². The standard InChI is InChI=1S/C59H76Cl2N6O14/c1-33(2)40(29-39(68)15-10-9-11-23-67-49(70)20-21-50(67)71)55(74)64-43(16-13-22-63-56(62)75)45(69)28-37-18-19-42(41(60)26-37)65-57(76)80-48-30-51(72)66(7)44-27-38(25-35(4)53(44)61)24-34(3)14-12-17-47(78-8)59(77)31-46(79-52(73)32-59)36(5)54-58(48,6)81-54/h12,14,17-21,25-27,33,36,40,43,46-48,54,77H,9-11,13,15-16,22-24,28-32H2,1-8H3,(H,64,74)(H,65,76)(H3,62,63,75)/b17-12+,34-14+/t36-,40+,43+,46+,47-,48+,54+,58+,59-/m1/s1. The van der Waals surface area contributed by atoms with Gasteiger partial charge in [-0.1, -0.05) is 86.3 Å². The fourth-order valence-corrected chi connectivity index (χ4v) is 11.3. The smallest absolute Gasteiger partial charge is 0.412 e. The molecule has 0 saturated carbocycles. The molecule has 2 aromatic rings.